The van der Waals surface area contributed by atoms with Gasteiger partial charge in [0.05, 0.1) is 13.2 Å². The van der Waals surface area contributed by atoms with Gasteiger partial charge in [0.25, 0.3) is 0 Å². The van der Waals surface area contributed by atoms with Crippen molar-refractivity contribution in [2.24, 2.45) is 0 Å². The van der Waals surface area contributed by atoms with Crippen molar-refractivity contribution in [1.29, 1.82) is 0 Å². The number of aliphatic hydroxyl groups excluding tert-OH is 2. The number of thiocarbonyl (C=S) groups is 2. The first-order chi connectivity index (χ1) is 19.7. The smallest absolute Gasteiger partial charge is 0.163 e. The van der Waals surface area contributed by atoms with Crippen molar-refractivity contribution in [3.05, 3.63) is 0 Å². The number of aliphatic hydroxyl groups is 2. The average molecular weight is 621 g/mol. The summed E-state index contributed by atoms with van der Waals surface area (Å²) in [5, 5.41) is 19.0. The van der Waals surface area contributed by atoms with E-state index < -0.39 is 11.9 Å². The van der Waals surface area contributed by atoms with Gasteiger partial charge in [-0.05, 0) is 51.1 Å². The minimum atomic E-state index is -0.818. The van der Waals surface area contributed by atoms with Crippen LogP contribution in [0.15, 0.2) is 0 Å². The summed E-state index contributed by atoms with van der Waals surface area (Å²) in [6, 6.07) is 0. The number of unbranched alkanes of at least 4 members (excludes halogenated alkanes) is 16. The molecule has 41 heavy (non-hydrogen) atoms. The first-order valence-corrected chi connectivity index (χ1v) is 17.5. The molecule has 1 aliphatic rings. The summed E-state index contributed by atoms with van der Waals surface area (Å²) in [4.78, 5) is 0. The van der Waals surface area contributed by atoms with Crippen LogP contribution in [0.4, 0.5) is 0 Å². The molecule has 0 aromatic carbocycles. The number of hydrogen-bond acceptors (Lipinski definition) is 8. The molecule has 1 saturated heterocycles. The van der Waals surface area contributed by atoms with Crippen molar-refractivity contribution in [3.63, 3.8) is 0 Å². The second kappa shape index (κ2) is 28.4. The van der Waals surface area contributed by atoms with Crippen LogP contribution >= 0.6 is 24.4 Å². The Kier molecular flexibility index (Phi) is 28.1. The van der Waals surface area contributed by atoms with E-state index in [1.807, 2.05) is 13.8 Å². The van der Waals surface area contributed by atoms with Crippen molar-refractivity contribution >= 4 is 34.5 Å². The van der Waals surface area contributed by atoms with Gasteiger partial charge in [-0.2, -0.15) is 0 Å². The zero-order chi connectivity index (χ0) is 30.6. The monoisotopic (exact) mass is 620 g/mol. The first kappa shape index (κ1) is 40.6. The van der Waals surface area contributed by atoms with Crippen molar-refractivity contribution in [2.75, 3.05) is 26.4 Å². The Morgan fingerprint density at radius 3 is 1.54 bits per heavy atom. The summed E-state index contributed by atoms with van der Waals surface area (Å²) < 4.78 is 22.0. The fourth-order valence-electron chi connectivity index (χ4n) is 4.58. The number of hydrogen-bond donors (Lipinski definition) is 2. The predicted molar refractivity (Wildman–Crippen MR) is 179 cm³/mol. The van der Waals surface area contributed by atoms with E-state index in [1.54, 1.807) is 0 Å². The molecule has 0 bridgehead atoms. The fourth-order valence-corrected chi connectivity index (χ4v) is 5.00. The Hall–Kier alpha value is -0.380. The lowest BCUT2D eigenvalue weighted by Gasteiger charge is -2.17. The van der Waals surface area contributed by atoms with Crippen LogP contribution in [-0.4, -0.2) is 64.7 Å². The molecule has 1 rings (SSSR count). The van der Waals surface area contributed by atoms with E-state index in [0.29, 0.717) is 18.3 Å². The lowest BCUT2D eigenvalue weighted by atomic mass is 10.1. The van der Waals surface area contributed by atoms with E-state index in [1.165, 1.54) is 103 Å². The molecule has 2 atom stereocenters. The van der Waals surface area contributed by atoms with E-state index in [2.05, 4.69) is 13.8 Å². The zero-order valence-electron chi connectivity index (χ0n) is 27.0. The molecule has 0 saturated carbocycles. The molecule has 0 aliphatic carbocycles. The number of ether oxygens (including phenoxy) is 4. The molecule has 1 aliphatic heterocycles. The molecule has 0 aromatic rings. The van der Waals surface area contributed by atoms with Gasteiger partial charge in [-0.25, -0.2) is 0 Å². The maximum Gasteiger partial charge on any atom is 0.163 e. The lowest BCUT2D eigenvalue weighted by molar-refractivity contribution is -0.141. The fraction of sp³-hybridized carbons (Fsp3) is 0.939. The Labute approximate surface area is 263 Å². The molecule has 2 unspecified atom stereocenters. The van der Waals surface area contributed by atoms with E-state index in [4.69, 9.17) is 53.6 Å². The Morgan fingerprint density at radius 1 is 0.732 bits per heavy atom. The highest BCUT2D eigenvalue weighted by Gasteiger charge is 2.33. The van der Waals surface area contributed by atoms with Crippen molar-refractivity contribution in [2.45, 2.75) is 174 Å². The maximum atomic E-state index is 9.10. The van der Waals surface area contributed by atoms with E-state index >= 15 is 0 Å². The SMILES string of the molecule is CCCCCCCCCCCC(=S)OCC(O)CO.CCCCCCCCCCCC(=S)OCC1COC(C)(C)O1. The van der Waals surface area contributed by atoms with E-state index in [9.17, 15) is 0 Å². The number of rotatable bonds is 25. The largest absolute Gasteiger partial charge is 0.484 e. The highest BCUT2D eigenvalue weighted by atomic mass is 32.1. The standard InChI is InChI=1S/C18H34O3S.C15H30O3S/c1-4-5-6-7-8-9-10-11-12-13-17(22)19-14-16-15-20-18(2,3)21-16;1-2-3-4-5-6-7-8-9-10-11-15(19)18-13-14(17)12-16/h16H,4-15H2,1-3H3;14,16-17H,2-13H2,1H3. The van der Waals surface area contributed by atoms with Gasteiger partial charge in [-0.3, -0.25) is 0 Å². The van der Waals surface area contributed by atoms with Gasteiger partial charge in [-0.15, -0.1) is 0 Å². The average Bonchev–Trinajstić information content (AvgIpc) is 3.31. The Bertz CT molecular complexity index is 617. The van der Waals surface area contributed by atoms with Gasteiger partial charge in [0.1, 0.15) is 25.4 Å². The molecular weight excluding hydrogens is 556 g/mol. The molecule has 244 valence electrons. The first-order valence-electron chi connectivity index (χ1n) is 16.7. The van der Waals surface area contributed by atoms with Gasteiger partial charge < -0.3 is 29.2 Å². The topological polar surface area (TPSA) is 77.4 Å². The Morgan fingerprint density at radius 2 is 1.15 bits per heavy atom. The predicted octanol–water partition coefficient (Wildman–Crippen LogP) is 9.01. The third kappa shape index (κ3) is 28.2. The molecule has 1 heterocycles. The van der Waals surface area contributed by atoms with Crippen LogP contribution < -0.4 is 0 Å². The van der Waals surface area contributed by atoms with Crippen LogP contribution in [0.25, 0.3) is 0 Å². The van der Waals surface area contributed by atoms with Crippen LogP contribution in [0.2, 0.25) is 0 Å². The molecule has 1 fully saturated rings. The minimum absolute atomic E-state index is 0.0103. The summed E-state index contributed by atoms with van der Waals surface area (Å²) in [5.74, 6) is -0.479. The van der Waals surface area contributed by atoms with E-state index in [0.717, 1.165) is 30.7 Å². The molecule has 0 spiro atoms. The molecule has 6 nitrogen and oxygen atoms in total. The second-order valence-corrected chi connectivity index (χ2v) is 12.7. The molecule has 0 aromatic heterocycles. The normalized spacial score (nSPS) is 16.6. The van der Waals surface area contributed by atoms with Crippen LogP contribution in [0.5, 0.6) is 0 Å². The summed E-state index contributed by atoms with van der Waals surface area (Å²) in [5.41, 5.74) is 0. The van der Waals surface area contributed by atoms with Gasteiger partial charge in [0.15, 0.2) is 15.9 Å². The summed E-state index contributed by atoms with van der Waals surface area (Å²) in [7, 11) is 0. The maximum absolute atomic E-state index is 9.10. The van der Waals surface area contributed by atoms with Crippen LogP contribution in [0.1, 0.15) is 156 Å². The third-order valence-electron chi connectivity index (χ3n) is 7.11. The zero-order valence-corrected chi connectivity index (χ0v) is 28.6. The summed E-state index contributed by atoms with van der Waals surface area (Å²) in [6.07, 6.45) is 24.5. The molecule has 0 amide bonds. The van der Waals surface area contributed by atoms with E-state index in [-0.39, 0.29) is 19.3 Å². The molecular formula is C33H64O6S2. The lowest BCUT2D eigenvalue weighted by Crippen LogP contribution is -2.24. The van der Waals surface area contributed by atoms with Crippen LogP contribution in [0, 0.1) is 0 Å². The minimum Gasteiger partial charge on any atom is -0.484 e. The highest BCUT2D eigenvalue weighted by molar-refractivity contribution is 7.80. The van der Waals surface area contributed by atoms with Crippen molar-refractivity contribution in [3.8, 4) is 0 Å². The second-order valence-electron chi connectivity index (χ2n) is 11.8. The van der Waals surface area contributed by atoms with Gasteiger partial charge >= 0.3 is 0 Å². The van der Waals surface area contributed by atoms with Crippen molar-refractivity contribution < 1.29 is 29.2 Å². The molecule has 8 heteroatoms. The molecule has 0 radical (unpaired) electrons. The summed E-state index contributed by atoms with van der Waals surface area (Å²) in [6.45, 7) is 9.28. The summed E-state index contributed by atoms with van der Waals surface area (Å²) >= 11 is 10.3. The van der Waals surface area contributed by atoms with Crippen molar-refractivity contribution in [1.82, 2.24) is 0 Å². The third-order valence-corrected chi connectivity index (χ3v) is 7.76. The van der Waals surface area contributed by atoms with Crippen LogP contribution in [0.3, 0.4) is 0 Å². The molecule has 2 N–H and O–H groups in total. The highest BCUT2D eigenvalue weighted by Crippen LogP contribution is 2.22. The van der Waals surface area contributed by atoms with Gasteiger partial charge in [0.2, 0.25) is 0 Å². The Balaban J connectivity index is 0.000000790. The van der Waals surface area contributed by atoms with Gasteiger partial charge in [-0.1, -0.05) is 117 Å². The van der Waals surface area contributed by atoms with Gasteiger partial charge in [0, 0.05) is 12.8 Å². The quantitative estimate of drug-likeness (QED) is 0.0773. The van der Waals surface area contributed by atoms with Crippen LogP contribution in [-0.2, 0) is 18.9 Å².